The highest BCUT2D eigenvalue weighted by molar-refractivity contribution is 7.13. The summed E-state index contributed by atoms with van der Waals surface area (Å²) in [5, 5.41) is 12.6. The van der Waals surface area contributed by atoms with E-state index < -0.39 is 17.5 Å². The molecule has 0 spiro atoms. The van der Waals surface area contributed by atoms with E-state index >= 15 is 0 Å². The second-order valence-electron chi connectivity index (χ2n) is 6.47. The van der Waals surface area contributed by atoms with E-state index in [0.29, 0.717) is 11.8 Å². The smallest absolute Gasteiger partial charge is 0.258 e. The van der Waals surface area contributed by atoms with E-state index in [-0.39, 0.29) is 12.2 Å². The predicted molar refractivity (Wildman–Crippen MR) is 105 cm³/mol. The summed E-state index contributed by atoms with van der Waals surface area (Å²) in [6.45, 7) is 3.66. The Morgan fingerprint density at radius 3 is 2.55 bits per heavy atom. The molecular formula is C20H16F2N4O2S. The van der Waals surface area contributed by atoms with Gasteiger partial charge in [-0.2, -0.15) is 0 Å². The minimum absolute atomic E-state index is 0.0261. The normalized spacial score (nSPS) is 11.0. The first kappa shape index (κ1) is 19.0. The average Bonchev–Trinajstić information content (AvgIpc) is 3.37. The molecule has 0 saturated carbocycles. The van der Waals surface area contributed by atoms with Crippen molar-refractivity contribution in [2.45, 2.75) is 20.4 Å². The molecule has 1 amide bonds. The molecule has 0 unspecified atom stereocenters. The number of anilines is 1. The lowest BCUT2D eigenvalue weighted by molar-refractivity contribution is -0.116. The summed E-state index contributed by atoms with van der Waals surface area (Å²) >= 11 is 1.50. The SMILES string of the molecule is Cc1cc(-c2nnc(-c3cccs3)o2)c(C)n1CC(=O)Nc1cc(F)cc(F)c1. The number of rotatable bonds is 5. The number of hydrogen-bond donors (Lipinski definition) is 1. The maximum Gasteiger partial charge on any atom is 0.258 e. The fraction of sp³-hybridized carbons (Fsp3) is 0.150. The van der Waals surface area contributed by atoms with Gasteiger partial charge in [0.1, 0.15) is 18.2 Å². The van der Waals surface area contributed by atoms with E-state index in [4.69, 9.17) is 4.42 Å². The summed E-state index contributed by atoms with van der Waals surface area (Å²) in [6, 6.07) is 8.52. The molecule has 0 bridgehead atoms. The molecule has 4 rings (SSSR count). The molecule has 0 radical (unpaired) electrons. The third-order valence-electron chi connectivity index (χ3n) is 4.41. The van der Waals surface area contributed by atoms with Crippen LogP contribution in [0.25, 0.3) is 22.2 Å². The number of nitrogens with zero attached hydrogens (tertiary/aromatic N) is 3. The third-order valence-corrected chi connectivity index (χ3v) is 5.27. The van der Waals surface area contributed by atoms with Gasteiger partial charge in [0.05, 0.1) is 10.4 Å². The minimum atomic E-state index is -0.756. The van der Waals surface area contributed by atoms with Gasteiger partial charge in [0.2, 0.25) is 11.8 Å². The van der Waals surface area contributed by atoms with Gasteiger partial charge in [-0.3, -0.25) is 4.79 Å². The maximum absolute atomic E-state index is 13.3. The molecule has 0 aliphatic carbocycles. The Morgan fingerprint density at radius 1 is 1.14 bits per heavy atom. The van der Waals surface area contributed by atoms with Crippen molar-refractivity contribution >= 4 is 22.9 Å². The Bertz CT molecular complexity index is 1160. The summed E-state index contributed by atoms with van der Waals surface area (Å²) in [4.78, 5) is 13.3. The van der Waals surface area contributed by atoms with Crippen LogP contribution in [0.4, 0.5) is 14.5 Å². The Hall–Kier alpha value is -3.33. The van der Waals surface area contributed by atoms with Crippen LogP contribution in [-0.2, 0) is 11.3 Å². The molecule has 6 nitrogen and oxygen atoms in total. The lowest BCUT2D eigenvalue weighted by Crippen LogP contribution is -2.20. The number of benzene rings is 1. The minimum Gasteiger partial charge on any atom is -0.415 e. The van der Waals surface area contributed by atoms with Gasteiger partial charge < -0.3 is 14.3 Å². The Labute approximate surface area is 168 Å². The lowest BCUT2D eigenvalue weighted by atomic mass is 10.2. The monoisotopic (exact) mass is 414 g/mol. The van der Waals surface area contributed by atoms with Crippen LogP contribution in [-0.4, -0.2) is 20.7 Å². The van der Waals surface area contributed by atoms with Crippen molar-refractivity contribution in [3.8, 4) is 22.2 Å². The van der Waals surface area contributed by atoms with E-state index in [2.05, 4.69) is 15.5 Å². The van der Waals surface area contributed by atoms with Crippen LogP contribution in [0.5, 0.6) is 0 Å². The summed E-state index contributed by atoms with van der Waals surface area (Å²) < 4.78 is 34.2. The molecule has 0 fully saturated rings. The second-order valence-corrected chi connectivity index (χ2v) is 7.41. The molecule has 1 aromatic carbocycles. The quantitative estimate of drug-likeness (QED) is 0.509. The van der Waals surface area contributed by atoms with Crippen LogP contribution in [0.1, 0.15) is 11.4 Å². The topological polar surface area (TPSA) is 73.0 Å². The summed E-state index contributed by atoms with van der Waals surface area (Å²) in [5.74, 6) is -1.12. The fourth-order valence-electron chi connectivity index (χ4n) is 3.06. The van der Waals surface area contributed by atoms with Gasteiger partial charge in [0, 0.05) is 23.1 Å². The molecule has 9 heteroatoms. The van der Waals surface area contributed by atoms with E-state index in [1.807, 2.05) is 37.4 Å². The number of amides is 1. The third kappa shape index (κ3) is 3.95. The van der Waals surface area contributed by atoms with Crippen LogP contribution in [0.3, 0.4) is 0 Å². The second kappa shape index (κ2) is 7.59. The van der Waals surface area contributed by atoms with Gasteiger partial charge in [-0.05, 0) is 43.5 Å². The zero-order valence-electron chi connectivity index (χ0n) is 15.6. The molecule has 0 aliphatic heterocycles. The van der Waals surface area contributed by atoms with Crippen molar-refractivity contribution in [1.29, 1.82) is 0 Å². The number of carbonyl (C=O) groups is 1. The van der Waals surface area contributed by atoms with Gasteiger partial charge in [0.25, 0.3) is 5.89 Å². The van der Waals surface area contributed by atoms with Crippen LogP contribution >= 0.6 is 11.3 Å². The highest BCUT2D eigenvalue weighted by Gasteiger charge is 2.19. The first-order valence-electron chi connectivity index (χ1n) is 8.71. The van der Waals surface area contributed by atoms with E-state index in [1.54, 1.807) is 4.57 Å². The van der Waals surface area contributed by atoms with Crippen molar-refractivity contribution in [1.82, 2.24) is 14.8 Å². The molecule has 3 heterocycles. The number of nitrogens with one attached hydrogen (secondary N) is 1. The van der Waals surface area contributed by atoms with Gasteiger partial charge >= 0.3 is 0 Å². The van der Waals surface area contributed by atoms with Gasteiger partial charge in [-0.25, -0.2) is 8.78 Å². The number of halogens is 2. The molecule has 148 valence electrons. The van der Waals surface area contributed by atoms with Crippen molar-refractivity contribution in [2.75, 3.05) is 5.32 Å². The van der Waals surface area contributed by atoms with Gasteiger partial charge in [-0.15, -0.1) is 21.5 Å². The summed E-state index contributed by atoms with van der Waals surface area (Å²) in [7, 11) is 0. The highest BCUT2D eigenvalue weighted by atomic mass is 32.1. The molecule has 29 heavy (non-hydrogen) atoms. The van der Waals surface area contributed by atoms with Crippen LogP contribution in [0, 0.1) is 25.5 Å². The van der Waals surface area contributed by atoms with Crippen LogP contribution in [0.2, 0.25) is 0 Å². The molecule has 0 atom stereocenters. The largest absolute Gasteiger partial charge is 0.415 e. The zero-order chi connectivity index (χ0) is 20.5. The van der Waals surface area contributed by atoms with Crippen LogP contribution < -0.4 is 5.32 Å². The predicted octanol–water partition coefficient (Wildman–Crippen LogP) is 4.80. The number of aromatic nitrogens is 3. The average molecular weight is 414 g/mol. The van der Waals surface area contributed by atoms with E-state index in [0.717, 1.165) is 40.0 Å². The maximum atomic E-state index is 13.3. The van der Waals surface area contributed by atoms with E-state index in [9.17, 15) is 13.6 Å². The molecule has 1 N–H and O–H groups in total. The van der Waals surface area contributed by atoms with Crippen molar-refractivity contribution in [2.24, 2.45) is 0 Å². The highest BCUT2D eigenvalue weighted by Crippen LogP contribution is 2.30. The summed E-state index contributed by atoms with van der Waals surface area (Å²) in [6.07, 6.45) is 0. The Balaban J connectivity index is 1.55. The number of hydrogen-bond acceptors (Lipinski definition) is 5. The zero-order valence-corrected chi connectivity index (χ0v) is 16.4. The number of aryl methyl sites for hydroxylation is 1. The van der Waals surface area contributed by atoms with Crippen molar-refractivity contribution < 1.29 is 18.0 Å². The molecule has 0 aliphatic rings. The Kier molecular flexibility index (Phi) is 4.98. The standard InChI is InChI=1S/C20H16F2N4O2S/c1-11-6-16(19-24-25-20(28-19)17-4-3-5-29-17)12(2)26(11)10-18(27)23-15-8-13(21)7-14(22)9-15/h3-9H,10H2,1-2H3,(H,23,27). The van der Waals surface area contributed by atoms with Gasteiger partial charge in [0.15, 0.2) is 0 Å². The first-order chi connectivity index (χ1) is 13.9. The summed E-state index contributed by atoms with van der Waals surface area (Å²) in [5.41, 5.74) is 2.37. The molecule has 0 saturated heterocycles. The van der Waals surface area contributed by atoms with Crippen molar-refractivity contribution in [3.05, 3.63) is 64.8 Å². The van der Waals surface area contributed by atoms with Crippen molar-refractivity contribution in [3.63, 3.8) is 0 Å². The first-order valence-corrected chi connectivity index (χ1v) is 9.59. The van der Waals surface area contributed by atoms with Gasteiger partial charge in [-0.1, -0.05) is 6.07 Å². The number of carbonyl (C=O) groups excluding carboxylic acids is 1. The molecular weight excluding hydrogens is 398 g/mol. The lowest BCUT2D eigenvalue weighted by Gasteiger charge is -2.10. The van der Waals surface area contributed by atoms with E-state index in [1.165, 1.54) is 11.3 Å². The molecule has 3 aromatic heterocycles. The molecule has 4 aromatic rings. The Morgan fingerprint density at radius 2 is 1.86 bits per heavy atom. The number of thiophene rings is 1. The van der Waals surface area contributed by atoms with Crippen LogP contribution in [0.15, 0.2) is 46.2 Å². The fourth-order valence-corrected chi connectivity index (χ4v) is 3.71.